The van der Waals surface area contributed by atoms with Crippen LogP contribution in [-0.2, 0) is 22.6 Å². The summed E-state index contributed by atoms with van der Waals surface area (Å²) in [5.41, 5.74) is 1.03. The van der Waals surface area contributed by atoms with E-state index in [0.717, 1.165) is 48.1 Å². The van der Waals surface area contributed by atoms with Gasteiger partial charge >= 0.3 is 0 Å². The van der Waals surface area contributed by atoms with Crippen LogP contribution in [-0.4, -0.2) is 49.5 Å². The number of nitrogens with one attached hydrogen (secondary N) is 1. The van der Waals surface area contributed by atoms with E-state index in [1.54, 1.807) is 6.20 Å². The van der Waals surface area contributed by atoms with Crippen molar-refractivity contribution in [2.24, 2.45) is 0 Å². The molecule has 148 valence electrons. The molecule has 0 aliphatic carbocycles. The van der Waals surface area contributed by atoms with E-state index in [-0.39, 0.29) is 19.7 Å². The van der Waals surface area contributed by atoms with Crippen molar-refractivity contribution < 1.29 is 29.3 Å². The number of aryl methyl sites for hydroxylation is 2. The molecule has 0 saturated carbocycles. The fraction of sp³-hybridized carbons (Fsp3) is 0.222. The Morgan fingerprint density at radius 1 is 1.11 bits per heavy atom. The number of rotatable bonds is 5. The maximum absolute atomic E-state index is 8.36. The van der Waals surface area contributed by atoms with Gasteiger partial charge in [0.1, 0.15) is 11.6 Å². The Kier molecular flexibility index (Phi) is 8.06. The molecule has 0 amide bonds. The van der Waals surface area contributed by atoms with E-state index in [9.17, 15) is 0 Å². The third kappa shape index (κ3) is 5.59. The zero-order valence-electron chi connectivity index (χ0n) is 14.9. The van der Waals surface area contributed by atoms with Crippen LogP contribution in [0.2, 0.25) is 0 Å². The summed E-state index contributed by atoms with van der Waals surface area (Å²) >= 11 is 0. The molecule has 0 atom stereocenters. The summed E-state index contributed by atoms with van der Waals surface area (Å²) in [7, 11) is 0. The number of ether oxygens (including phenoxy) is 2. The number of carbonyl (C=O) groups is 2. The second-order valence-corrected chi connectivity index (χ2v) is 5.36. The van der Waals surface area contributed by atoms with Gasteiger partial charge in [0.05, 0.1) is 0 Å². The van der Waals surface area contributed by atoms with Crippen LogP contribution in [0.5, 0.6) is 11.5 Å². The molecule has 1 aliphatic heterocycles. The normalized spacial score (nSPS) is 10.9. The van der Waals surface area contributed by atoms with Crippen LogP contribution in [0, 0.1) is 0 Å². The van der Waals surface area contributed by atoms with E-state index in [2.05, 4.69) is 19.5 Å². The lowest BCUT2D eigenvalue weighted by Gasteiger charge is -2.08. The molecular formula is C18H20N4O6. The first-order valence-electron chi connectivity index (χ1n) is 8.28. The molecule has 10 nitrogen and oxygen atoms in total. The number of H-pyrrole nitrogens is 1. The molecule has 3 heterocycles. The number of benzene rings is 1. The van der Waals surface area contributed by atoms with Gasteiger partial charge in [0.2, 0.25) is 6.79 Å². The molecule has 0 saturated heterocycles. The second-order valence-electron chi connectivity index (χ2n) is 5.36. The maximum Gasteiger partial charge on any atom is 0.290 e. The van der Waals surface area contributed by atoms with E-state index >= 15 is 0 Å². The Morgan fingerprint density at radius 3 is 2.57 bits per heavy atom. The highest BCUT2D eigenvalue weighted by atomic mass is 16.7. The van der Waals surface area contributed by atoms with Crippen molar-refractivity contribution in [3.8, 4) is 22.9 Å². The summed E-state index contributed by atoms with van der Waals surface area (Å²) in [5, 5.41) is 13.8. The minimum absolute atomic E-state index is 0.250. The van der Waals surface area contributed by atoms with Gasteiger partial charge in [0.15, 0.2) is 11.5 Å². The van der Waals surface area contributed by atoms with E-state index in [1.165, 1.54) is 0 Å². The van der Waals surface area contributed by atoms with Gasteiger partial charge in [-0.25, -0.2) is 9.97 Å². The molecule has 0 fully saturated rings. The van der Waals surface area contributed by atoms with Gasteiger partial charge in [-0.1, -0.05) is 0 Å². The number of hydrogen-bond donors (Lipinski definition) is 3. The summed E-state index contributed by atoms with van der Waals surface area (Å²) in [6.45, 7) is 0.681. The molecule has 0 unspecified atom stereocenters. The standard InChI is InChI=1S/C16H16N4O2.2CH2O2/c1(2-15-17-5-6-18-15)8-20-9-7-19-16(20)12-3-4-13-14(10-12)22-11-21-13;2*2-1-3/h3-7,9-10H,1-2,8,11H2,(H,17,18);2*1H,(H,2,3). The van der Waals surface area contributed by atoms with Crippen LogP contribution in [0.4, 0.5) is 0 Å². The number of imidazole rings is 2. The first-order chi connectivity index (χ1) is 13.7. The molecule has 0 bridgehead atoms. The average molecular weight is 388 g/mol. The predicted octanol–water partition coefficient (Wildman–Crippen LogP) is 2.04. The molecule has 3 N–H and O–H groups in total. The highest BCUT2D eigenvalue weighted by molar-refractivity contribution is 5.62. The van der Waals surface area contributed by atoms with Gasteiger partial charge in [-0.3, -0.25) is 9.59 Å². The Labute approximate surface area is 160 Å². The maximum atomic E-state index is 8.36. The topological polar surface area (TPSA) is 140 Å². The average Bonchev–Trinajstić information content (AvgIpc) is 3.44. The fourth-order valence-electron chi connectivity index (χ4n) is 2.64. The molecule has 1 aromatic carbocycles. The van der Waals surface area contributed by atoms with Gasteiger partial charge in [-0.05, 0) is 24.6 Å². The van der Waals surface area contributed by atoms with Gasteiger partial charge < -0.3 is 29.2 Å². The van der Waals surface area contributed by atoms with Crippen molar-refractivity contribution in [1.82, 2.24) is 19.5 Å². The SMILES string of the molecule is O=CO.O=CO.c1c[nH]c(CCCn2ccnc2-c2ccc3c(c2)OCO3)n1. The van der Waals surface area contributed by atoms with Crippen LogP contribution in [0.25, 0.3) is 11.4 Å². The molecule has 4 rings (SSSR count). The van der Waals surface area contributed by atoms with E-state index in [1.807, 2.05) is 36.8 Å². The van der Waals surface area contributed by atoms with Crippen molar-refractivity contribution in [1.29, 1.82) is 0 Å². The predicted molar refractivity (Wildman–Crippen MR) is 98.1 cm³/mol. The van der Waals surface area contributed by atoms with E-state index < -0.39 is 0 Å². The lowest BCUT2D eigenvalue weighted by molar-refractivity contribution is -0.123. The summed E-state index contributed by atoms with van der Waals surface area (Å²) < 4.78 is 12.9. The van der Waals surface area contributed by atoms with Crippen LogP contribution in [0.1, 0.15) is 12.2 Å². The molecule has 1 aliphatic rings. The monoisotopic (exact) mass is 388 g/mol. The number of hydrogen-bond acceptors (Lipinski definition) is 6. The Morgan fingerprint density at radius 2 is 1.86 bits per heavy atom. The molecule has 10 heteroatoms. The quantitative estimate of drug-likeness (QED) is 0.564. The van der Waals surface area contributed by atoms with E-state index in [0.29, 0.717) is 0 Å². The van der Waals surface area contributed by atoms with Gasteiger partial charge in [0.25, 0.3) is 12.9 Å². The Bertz CT molecular complexity index is 857. The first-order valence-corrected chi connectivity index (χ1v) is 8.28. The lowest BCUT2D eigenvalue weighted by Crippen LogP contribution is -2.01. The summed E-state index contributed by atoms with van der Waals surface area (Å²) in [5.74, 6) is 3.53. The van der Waals surface area contributed by atoms with Crippen LogP contribution < -0.4 is 9.47 Å². The minimum Gasteiger partial charge on any atom is -0.483 e. The summed E-state index contributed by atoms with van der Waals surface area (Å²) in [6.07, 6.45) is 9.39. The van der Waals surface area contributed by atoms with Crippen molar-refractivity contribution in [2.45, 2.75) is 19.4 Å². The highest BCUT2D eigenvalue weighted by Gasteiger charge is 2.15. The zero-order valence-corrected chi connectivity index (χ0v) is 14.9. The van der Waals surface area contributed by atoms with Crippen LogP contribution >= 0.6 is 0 Å². The molecule has 3 aromatic rings. The van der Waals surface area contributed by atoms with Crippen molar-refractivity contribution in [2.75, 3.05) is 6.79 Å². The fourth-order valence-corrected chi connectivity index (χ4v) is 2.64. The van der Waals surface area contributed by atoms with Crippen molar-refractivity contribution >= 4 is 12.9 Å². The lowest BCUT2D eigenvalue weighted by atomic mass is 10.2. The number of aromatic amines is 1. The number of aromatic nitrogens is 4. The molecule has 0 spiro atoms. The molecular weight excluding hydrogens is 368 g/mol. The number of nitrogens with zero attached hydrogens (tertiary/aromatic N) is 3. The van der Waals surface area contributed by atoms with Crippen LogP contribution in [0.15, 0.2) is 43.0 Å². The first kappa shape index (κ1) is 20.5. The zero-order chi connectivity index (χ0) is 20.2. The highest BCUT2D eigenvalue weighted by Crippen LogP contribution is 2.35. The molecule has 0 radical (unpaired) electrons. The minimum atomic E-state index is -0.250. The Balaban J connectivity index is 0.000000418. The summed E-state index contributed by atoms with van der Waals surface area (Å²) in [4.78, 5) is 28.6. The second kappa shape index (κ2) is 11.0. The van der Waals surface area contributed by atoms with Gasteiger partial charge in [-0.15, -0.1) is 0 Å². The third-order valence-electron chi connectivity index (χ3n) is 3.71. The number of carboxylic acid groups (broad SMARTS) is 2. The van der Waals surface area contributed by atoms with Crippen LogP contribution in [0.3, 0.4) is 0 Å². The van der Waals surface area contributed by atoms with Gasteiger partial charge in [-0.2, -0.15) is 0 Å². The summed E-state index contributed by atoms with van der Waals surface area (Å²) in [6, 6.07) is 5.92. The Hall–Kier alpha value is -3.82. The van der Waals surface area contributed by atoms with E-state index in [4.69, 9.17) is 29.3 Å². The van der Waals surface area contributed by atoms with Crippen molar-refractivity contribution in [3.63, 3.8) is 0 Å². The smallest absolute Gasteiger partial charge is 0.290 e. The third-order valence-corrected chi connectivity index (χ3v) is 3.71. The number of fused-ring (bicyclic) bond motifs is 1. The molecule has 2 aromatic heterocycles. The largest absolute Gasteiger partial charge is 0.483 e. The molecule has 28 heavy (non-hydrogen) atoms. The van der Waals surface area contributed by atoms with Crippen molar-refractivity contribution in [3.05, 3.63) is 48.8 Å². The van der Waals surface area contributed by atoms with Gasteiger partial charge in [0, 0.05) is 43.3 Å².